The van der Waals surface area contributed by atoms with Crippen molar-refractivity contribution in [3.63, 3.8) is 0 Å². The molecule has 1 unspecified atom stereocenters. The number of nitro groups is 1. The maximum absolute atomic E-state index is 12.1. The van der Waals surface area contributed by atoms with E-state index in [-0.39, 0.29) is 5.69 Å². The van der Waals surface area contributed by atoms with Gasteiger partial charge in [-0.2, -0.15) is 0 Å². The fraction of sp³-hybridized carbons (Fsp3) is 0.294. The second-order valence-corrected chi connectivity index (χ2v) is 6.62. The minimum atomic E-state index is -1.12. The predicted octanol–water partition coefficient (Wildman–Crippen LogP) is 3.70. The SMILES string of the molecule is O=[N+]([O-])c1ccc([S+]([O-])CCCCOCc2ccccc2)cc1. The molecule has 6 heteroatoms. The minimum absolute atomic E-state index is 0.0139. The maximum Gasteiger partial charge on any atom is 0.269 e. The Morgan fingerprint density at radius 1 is 1.00 bits per heavy atom. The highest BCUT2D eigenvalue weighted by Gasteiger charge is 2.12. The van der Waals surface area contributed by atoms with Crippen molar-refractivity contribution in [1.29, 1.82) is 0 Å². The van der Waals surface area contributed by atoms with E-state index in [9.17, 15) is 14.7 Å². The molecule has 0 aliphatic rings. The fourth-order valence-electron chi connectivity index (χ4n) is 2.04. The van der Waals surface area contributed by atoms with E-state index in [4.69, 9.17) is 4.74 Å². The van der Waals surface area contributed by atoms with E-state index in [1.807, 2.05) is 30.3 Å². The van der Waals surface area contributed by atoms with E-state index in [2.05, 4.69) is 0 Å². The van der Waals surface area contributed by atoms with Gasteiger partial charge in [0.2, 0.25) is 0 Å². The molecule has 0 saturated carbocycles. The van der Waals surface area contributed by atoms with Gasteiger partial charge in [0.1, 0.15) is 5.75 Å². The second kappa shape index (κ2) is 9.29. The summed E-state index contributed by atoms with van der Waals surface area (Å²) in [6.45, 7) is 1.22. The molecule has 0 aromatic heterocycles. The van der Waals surface area contributed by atoms with Gasteiger partial charge in [-0.05, 0) is 41.7 Å². The molecule has 1 atom stereocenters. The van der Waals surface area contributed by atoms with Crippen molar-refractivity contribution in [1.82, 2.24) is 0 Å². The van der Waals surface area contributed by atoms with Crippen molar-refractivity contribution >= 4 is 16.9 Å². The van der Waals surface area contributed by atoms with Crippen LogP contribution in [0.1, 0.15) is 18.4 Å². The molecule has 2 aromatic rings. The third-order valence-electron chi connectivity index (χ3n) is 3.29. The molecule has 2 aromatic carbocycles. The van der Waals surface area contributed by atoms with E-state index in [0.29, 0.717) is 23.9 Å². The van der Waals surface area contributed by atoms with Crippen molar-refractivity contribution in [2.75, 3.05) is 12.4 Å². The van der Waals surface area contributed by atoms with Crippen molar-refractivity contribution in [2.24, 2.45) is 0 Å². The smallest absolute Gasteiger partial charge is 0.269 e. The summed E-state index contributed by atoms with van der Waals surface area (Å²) in [6, 6.07) is 15.8. The summed E-state index contributed by atoms with van der Waals surface area (Å²) in [4.78, 5) is 10.7. The third-order valence-corrected chi connectivity index (χ3v) is 4.75. The molecule has 0 amide bonds. The van der Waals surface area contributed by atoms with Gasteiger partial charge in [0.15, 0.2) is 4.90 Å². The molecule has 0 radical (unpaired) electrons. The van der Waals surface area contributed by atoms with Crippen LogP contribution in [0.2, 0.25) is 0 Å². The number of nitro benzene ring substituents is 1. The van der Waals surface area contributed by atoms with Gasteiger partial charge in [0.05, 0.1) is 11.5 Å². The van der Waals surface area contributed by atoms with Crippen LogP contribution in [0.15, 0.2) is 59.5 Å². The predicted molar refractivity (Wildman–Crippen MR) is 89.7 cm³/mol. The van der Waals surface area contributed by atoms with Crippen LogP contribution in [0.25, 0.3) is 0 Å². The standard InChI is InChI=1S/C17H19NO4S/c19-18(20)16-8-10-17(11-9-16)23(21)13-5-4-12-22-14-15-6-2-1-3-7-15/h1-3,6-11H,4-5,12-14H2. The number of benzene rings is 2. The largest absolute Gasteiger partial charge is 0.611 e. The fourth-order valence-corrected chi connectivity index (χ4v) is 3.18. The minimum Gasteiger partial charge on any atom is -0.611 e. The van der Waals surface area contributed by atoms with Gasteiger partial charge in [-0.3, -0.25) is 10.1 Å². The lowest BCUT2D eigenvalue weighted by atomic mass is 10.2. The molecule has 23 heavy (non-hydrogen) atoms. The number of hydrogen-bond acceptors (Lipinski definition) is 4. The summed E-state index contributed by atoms with van der Waals surface area (Å²) in [5, 5.41) is 10.6. The summed E-state index contributed by atoms with van der Waals surface area (Å²) in [5.74, 6) is 0.534. The highest BCUT2D eigenvalue weighted by Crippen LogP contribution is 2.17. The molecule has 0 saturated heterocycles. The number of non-ortho nitro benzene ring substituents is 1. The average Bonchev–Trinajstić information content (AvgIpc) is 2.58. The molecular formula is C17H19NO4S. The zero-order valence-electron chi connectivity index (χ0n) is 12.7. The Balaban J connectivity index is 1.63. The number of hydrogen-bond donors (Lipinski definition) is 0. The highest BCUT2D eigenvalue weighted by molar-refractivity contribution is 7.91. The monoisotopic (exact) mass is 333 g/mol. The number of ether oxygens (including phenoxy) is 1. The second-order valence-electron chi connectivity index (χ2n) is 5.05. The van der Waals surface area contributed by atoms with Gasteiger partial charge in [-0.15, -0.1) is 0 Å². The maximum atomic E-state index is 12.1. The Morgan fingerprint density at radius 3 is 2.35 bits per heavy atom. The first-order chi connectivity index (χ1) is 11.2. The lowest BCUT2D eigenvalue weighted by Crippen LogP contribution is -2.08. The van der Waals surface area contributed by atoms with Crippen LogP contribution in [0, 0.1) is 10.1 Å². The number of unbranched alkanes of at least 4 members (excludes halogenated alkanes) is 1. The van der Waals surface area contributed by atoms with Crippen LogP contribution >= 0.6 is 0 Å². The van der Waals surface area contributed by atoms with Gasteiger partial charge < -0.3 is 9.29 Å². The Morgan fingerprint density at radius 2 is 1.70 bits per heavy atom. The van der Waals surface area contributed by atoms with Crippen LogP contribution in [-0.2, 0) is 22.5 Å². The van der Waals surface area contributed by atoms with Crippen molar-refractivity contribution < 1.29 is 14.2 Å². The van der Waals surface area contributed by atoms with Gasteiger partial charge in [0.25, 0.3) is 5.69 Å². The normalized spacial score (nSPS) is 12.0. The molecule has 0 aliphatic heterocycles. The zero-order valence-corrected chi connectivity index (χ0v) is 13.5. The summed E-state index contributed by atoms with van der Waals surface area (Å²) >= 11 is -1.12. The third kappa shape index (κ3) is 6.02. The van der Waals surface area contributed by atoms with Gasteiger partial charge in [-0.1, -0.05) is 30.3 Å². The molecule has 0 spiro atoms. The lowest BCUT2D eigenvalue weighted by molar-refractivity contribution is -0.384. The van der Waals surface area contributed by atoms with Crippen molar-refractivity contribution in [2.45, 2.75) is 24.3 Å². The topological polar surface area (TPSA) is 75.4 Å². The van der Waals surface area contributed by atoms with Crippen LogP contribution in [-0.4, -0.2) is 21.8 Å². The van der Waals surface area contributed by atoms with E-state index in [1.165, 1.54) is 12.1 Å². The molecule has 0 bridgehead atoms. The summed E-state index contributed by atoms with van der Waals surface area (Å²) in [6.07, 6.45) is 1.63. The number of nitrogens with zero attached hydrogens (tertiary/aromatic N) is 1. The first-order valence-electron chi connectivity index (χ1n) is 7.41. The highest BCUT2D eigenvalue weighted by atomic mass is 32.2. The Labute approximate surface area is 138 Å². The summed E-state index contributed by atoms with van der Waals surface area (Å²) < 4.78 is 17.7. The first kappa shape index (κ1) is 17.5. The molecule has 122 valence electrons. The van der Waals surface area contributed by atoms with Gasteiger partial charge >= 0.3 is 0 Å². The van der Waals surface area contributed by atoms with E-state index >= 15 is 0 Å². The number of rotatable bonds is 9. The molecular weight excluding hydrogens is 314 g/mol. The van der Waals surface area contributed by atoms with E-state index in [0.717, 1.165) is 18.4 Å². The van der Waals surface area contributed by atoms with Crippen molar-refractivity contribution in [3.05, 3.63) is 70.3 Å². The summed E-state index contributed by atoms with van der Waals surface area (Å²) in [5.41, 5.74) is 1.15. The molecule has 0 fully saturated rings. The van der Waals surface area contributed by atoms with Crippen LogP contribution in [0.4, 0.5) is 5.69 Å². The summed E-state index contributed by atoms with van der Waals surface area (Å²) in [7, 11) is 0. The Hall–Kier alpha value is -1.89. The molecule has 0 aliphatic carbocycles. The zero-order chi connectivity index (χ0) is 16.5. The molecule has 0 N–H and O–H groups in total. The van der Waals surface area contributed by atoms with Crippen LogP contribution in [0.3, 0.4) is 0 Å². The quantitative estimate of drug-likeness (QED) is 0.303. The van der Waals surface area contributed by atoms with Gasteiger partial charge in [-0.25, -0.2) is 0 Å². The van der Waals surface area contributed by atoms with E-state index in [1.54, 1.807) is 12.1 Å². The van der Waals surface area contributed by atoms with Crippen LogP contribution in [0.5, 0.6) is 0 Å². The van der Waals surface area contributed by atoms with E-state index < -0.39 is 16.1 Å². The Bertz CT molecular complexity index is 604. The molecule has 0 heterocycles. The first-order valence-corrected chi connectivity index (χ1v) is 8.73. The van der Waals surface area contributed by atoms with Crippen molar-refractivity contribution in [3.8, 4) is 0 Å². The molecule has 5 nitrogen and oxygen atoms in total. The van der Waals surface area contributed by atoms with Gasteiger partial charge in [0, 0.05) is 18.7 Å². The lowest BCUT2D eigenvalue weighted by Gasteiger charge is -2.10. The molecule has 2 rings (SSSR count). The van der Waals surface area contributed by atoms with Crippen LogP contribution < -0.4 is 0 Å². The average molecular weight is 333 g/mol. The Kier molecular flexibility index (Phi) is 7.06.